The van der Waals surface area contributed by atoms with Crippen LogP contribution < -0.4 is 0 Å². The highest BCUT2D eigenvalue weighted by Crippen LogP contribution is 2.20. The van der Waals surface area contributed by atoms with Crippen LogP contribution in [0.3, 0.4) is 0 Å². The molecule has 0 radical (unpaired) electrons. The summed E-state index contributed by atoms with van der Waals surface area (Å²) in [7, 11) is 0. The number of hydrogen-bond acceptors (Lipinski definition) is 6. The quantitative estimate of drug-likeness (QED) is 0.265. The Hall–Kier alpha value is -3.03. The van der Waals surface area contributed by atoms with E-state index in [0.717, 1.165) is 0 Å². The Kier molecular flexibility index (Phi) is 5.08. The highest BCUT2D eigenvalue weighted by Gasteiger charge is 2.27. The van der Waals surface area contributed by atoms with Gasteiger partial charge in [-0.25, -0.2) is 4.68 Å². The molecule has 2 rings (SSSR count). The highest BCUT2D eigenvalue weighted by atomic mass is 16.6. The summed E-state index contributed by atoms with van der Waals surface area (Å²) in [6.45, 7) is 5.06. The van der Waals surface area contributed by atoms with Crippen LogP contribution in [0.2, 0.25) is 0 Å². The number of aromatic nitrogens is 2. The van der Waals surface area contributed by atoms with Gasteiger partial charge in [0.25, 0.3) is 5.69 Å². The lowest BCUT2D eigenvalue weighted by Crippen LogP contribution is -2.23. The molecule has 0 N–H and O–H groups in total. The second kappa shape index (κ2) is 7.03. The topological polar surface area (TPSA) is 104 Å². The van der Waals surface area contributed by atoms with Gasteiger partial charge >= 0.3 is 5.97 Å². The zero-order valence-electron chi connectivity index (χ0n) is 13.6. The number of non-ortho nitro benzene ring substituents is 1. The van der Waals surface area contributed by atoms with Gasteiger partial charge in [-0.1, -0.05) is 0 Å². The molecular weight excluding hydrogens is 314 g/mol. The van der Waals surface area contributed by atoms with E-state index in [1.165, 1.54) is 29.9 Å². The van der Waals surface area contributed by atoms with Gasteiger partial charge in [-0.05, 0) is 32.9 Å². The predicted molar refractivity (Wildman–Crippen MR) is 85.1 cm³/mol. The van der Waals surface area contributed by atoms with E-state index in [-0.39, 0.29) is 18.1 Å². The first-order valence-corrected chi connectivity index (χ1v) is 7.37. The Morgan fingerprint density at radius 1 is 1.33 bits per heavy atom. The fraction of sp³-hybridized carbons (Fsp3) is 0.312. The molecule has 0 saturated heterocycles. The molecule has 24 heavy (non-hydrogen) atoms. The fourth-order valence-corrected chi connectivity index (χ4v) is 2.23. The molecule has 0 unspecified atom stereocenters. The number of Topliss-reactive ketones (excluding diaryl/α,β-unsaturated/α-hetero) is 1. The van der Waals surface area contributed by atoms with Crippen molar-refractivity contribution in [1.29, 1.82) is 0 Å². The number of benzene rings is 1. The lowest BCUT2D eigenvalue weighted by Gasteiger charge is -2.09. The van der Waals surface area contributed by atoms with Crippen molar-refractivity contribution in [3.05, 3.63) is 51.8 Å². The monoisotopic (exact) mass is 331 g/mol. The largest absolute Gasteiger partial charge is 0.465 e. The van der Waals surface area contributed by atoms with Gasteiger partial charge in [0.2, 0.25) is 0 Å². The number of nitro benzene ring substituents is 1. The van der Waals surface area contributed by atoms with Crippen LogP contribution in [0.4, 0.5) is 5.69 Å². The molecule has 0 bridgehead atoms. The Balaban J connectivity index is 2.29. The first-order chi connectivity index (χ1) is 11.4. The summed E-state index contributed by atoms with van der Waals surface area (Å²) in [4.78, 5) is 34.3. The minimum absolute atomic E-state index is 0.0317. The first-order valence-electron chi connectivity index (χ1n) is 7.37. The SMILES string of the molecule is CCOC(=O)[C@H](C)C(=O)c1cnn(-c2ccc([N+](=O)[O-])cc2)c1C. The Morgan fingerprint density at radius 2 is 1.96 bits per heavy atom. The molecule has 8 heteroatoms. The second-order valence-corrected chi connectivity index (χ2v) is 5.17. The first kappa shape index (κ1) is 17.3. The minimum Gasteiger partial charge on any atom is -0.465 e. The molecule has 0 amide bonds. The van der Waals surface area contributed by atoms with Gasteiger partial charge in [0.05, 0.1) is 34.7 Å². The summed E-state index contributed by atoms with van der Waals surface area (Å²) >= 11 is 0. The third-order valence-electron chi connectivity index (χ3n) is 3.61. The van der Waals surface area contributed by atoms with Crippen molar-refractivity contribution in [2.24, 2.45) is 5.92 Å². The fourth-order valence-electron chi connectivity index (χ4n) is 2.23. The van der Waals surface area contributed by atoms with Crippen LogP contribution in [0.25, 0.3) is 5.69 Å². The third kappa shape index (κ3) is 3.32. The van der Waals surface area contributed by atoms with Crippen LogP contribution in [-0.2, 0) is 9.53 Å². The molecule has 0 fully saturated rings. The molecule has 2 aromatic rings. The average molecular weight is 331 g/mol. The predicted octanol–water partition coefficient (Wildman–Crippen LogP) is 2.47. The van der Waals surface area contributed by atoms with E-state index in [2.05, 4.69) is 5.10 Å². The van der Waals surface area contributed by atoms with Crippen molar-refractivity contribution in [2.45, 2.75) is 20.8 Å². The van der Waals surface area contributed by atoms with Crippen molar-refractivity contribution in [3.8, 4) is 5.69 Å². The van der Waals surface area contributed by atoms with E-state index in [1.807, 2.05) is 0 Å². The van der Waals surface area contributed by atoms with Gasteiger partial charge in [0, 0.05) is 12.1 Å². The van der Waals surface area contributed by atoms with E-state index in [1.54, 1.807) is 26.0 Å². The van der Waals surface area contributed by atoms with E-state index < -0.39 is 16.8 Å². The van der Waals surface area contributed by atoms with Crippen LogP contribution in [-0.4, -0.2) is 33.1 Å². The molecule has 0 aliphatic carbocycles. The number of hydrogen-bond donors (Lipinski definition) is 0. The van der Waals surface area contributed by atoms with Gasteiger partial charge in [0.15, 0.2) is 5.78 Å². The Labute approximate surface area is 138 Å². The minimum atomic E-state index is -0.918. The maximum absolute atomic E-state index is 12.4. The van der Waals surface area contributed by atoms with Crippen LogP contribution in [0, 0.1) is 23.0 Å². The molecule has 8 nitrogen and oxygen atoms in total. The Bertz CT molecular complexity index is 780. The van der Waals surface area contributed by atoms with Crippen molar-refractivity contribution in [3.63, 3.8) is 0 Å². The number of esters is 1. The molecule has 1 aromatic heterocycles. The standard InChI is InChI=1S/C16H17N3O5/c1-4-24-16(21)10(2)15(20)14-9-17-18(11(14)3)12-5-7-13(8-6-12)19(22)23/h5-10H,4H2,1-3H3/t10-/m1/s1. The molecule has 1 aromatic carbocycles. The molecule has 1 heterocycles. The molecule has 126 valence electrons. The Morgan fingerprint density at radius 3 is 2.50 bits per heavy atom. The lowest BCUT2D eigenvalue weighted by atomic mass is 10.0. The maximum Gasteiger partial charge on any atom is 0.316 e. The molecule has 1 atom stereocenters. The molecule has 0 aliphatic heterocycles. The van der Waals surface area contributed by atoms with Crippen LogP contribution in [0.15, 0.2) is 30.5 Å². The lowest BCUT2D eigenvalue weighted by molar-refractivity contribution is -0.384. The normalized spacial score (nSPS) is 11.8. The van der Waals surface area contributed by atoms with Gasteiger partial charge in [-0.2, -0.15) is 5.10 Å². The van der Waals surface area contributed by atoms with E-state index >= 15 is 0 Å². The number of rotatable bonds is 6. The number of ether oxygens (including phenoxy) is 1. The molecule has 0 spiro atoms. The summed E-state index contributed by atoms with van der Waals surface area (Å²) in [5, 5.41) is 14.8. The van der Waals surface area contributed by atoms with E-state index in [9.17, 15) is 19.7 Å². The molecule has 0 aliphatic rings. The summed E-state index contributed by atoms with van der Waals surface area (Å²) in [5.41, 5.74) is 1.41. The van der Waals surface area contributed by atoms with Gasteiger partial charge in [0.1, 0.15) is 5.92 Å². The summed E-state index contributed by atoms with van der Waals surface area (Å²) in [6.07, 6.45) is 1.38. The van der Waals surface area contributed by atoms with Gasteiger partial charge < -0.3 is 4.74 Å². The summed E-state index contributed by atoms with van der Waals surface area (Å²) in [5.74, 6) is -1.87. The summed E-state index contributed by atoms with van der Waals surface area (Å²) in [6, 6.07) is 5.81. The maximum atomic E-state index is 12.4. The molecule has 0 saturated carbocycles. The summed E-state index contributed by atoms with van der Waals surface area (Å²) < 4.78 is 6.36. The average Bonchev–Trinajstić information content (AvgIpc) is 2.95. The zero-order valence-corrected chi connectivity index (χ0v) is 13.6. The van der Waals surface area contributed by atoms with Crippen LogP contribution in [0.5, 0.6) is 0 Å². The smallest absolute Gasteiger partial charge is 0.316 e. The van der Waals surface area contributed by atoms with Crippen molar-refractivity contribution >= 4 is 17.4 Å². The van der Waals surface area contributed by atoms with Crippen LogP contribution >= 0.6 is 0 Å². The van der Waals surface area contributed by atoms with Gasteiger partial charge in [-0.3, -0.25) is 19.7 Å². The number of ketones is 1. The van der Waals surface area contributed by atoms with Gasteiger partial charge in [-0.15, -0.1) is 0 Å². The van der Waals surface area contributed by atoms with Crippen molar-refractivity contribution < 1.29 is 19.2 Å². The third-order valence-corrected chi connectivity index (χ3v) is 3.61. The molecular formula is C16H17N3O5. The van der Waals surface area contributed by atoms with Crippen molar-refractivity contribution in [1.82, 2.24) is 9.78 Å². The zero-order chi connectivity index (χ0) is 17.9. The highest BCUT2D eigenvalue weighted by molar-refractivity contribution is 6.08. The van der Waals surface area contributed by atoms with E-state index in [4.69, 9.17) is 4.74 Å². The van der Waals surface area contributed by atoms with Crippen LogP contribution in [0.1, 0.15) is 29.9 Å². The van der Waals surface area contributed by atoms with E-state index in [0.29, 0.717) is 16.9 Å². The number of carbonyl (C=O) groups is 2. The van der Waals surface area contributed by atoms with Crippen molar-refractivity contribution in [2.75, 3.05) is 6.61 Å². The number of nitrogens with zero attached hydrogens (tertiary/aromatic N) is 3. The second-order valence-electron chi connectivity index (χ2n) is 5.17. The number of nitro groups is 1. The number of carbonyl (C=O) groups excluding carboxylic acids is 2.